The largest absolute Gasteiger partial charge is 0.493 e. The molecule has 1 fully saturated rings. The van der Waals surface area contributed by atoms with Gasteiger partial charge in [-0.15, -0.1) is 0 Å². The highest BCUT2D eigenvalue weighted by atomic mass is 16.5. The summed E-state index contributed by atoms with van der Waals surface area (Å²) >= 11 is 0. The van der Waals surface area contributed by atoms with Gasteiger partial charge < -0.3 is 19.7 Å². The summed E-state index contributed by atoms with van der Waals surface area (Å²) in [6, 6.07) is 7.60. The van der Waals surface area contributed by atoms with Crippen LogP contribution in [-0.2, 0) is 4.79 Å². The third-order valence-electron chi connectivity index (χ3n) is 3.81. The van der Waals surface area contributed by atoms with Crippen molar-refractivity contribution in [3.05, 3.63) is 24.3 Å². The second-order valence-corrected chi connectivity index (χ2v) is 5.50. The van der Waals surface area contributed by atoms with E-state index in [0.717, 1.165) is 25.9 Å². The lowest BCUT2D eigenvalue weighted by Gasteiger charge is -2.30. The molecular weight excluding hydrogens is 268 g/mol. The van der Waals surface area contributed by atoms with Gasteiger partial charge in [0.1, 0.15) is 0 Å². The second-order valence-electron chi connectivity index (χ2n) is 5.50. The van der Waals surface area contributed by atoms with E-state index in [2.05, 4.69) is 17.3 Å². The van der Waals surface area contributed by atoms with Crippen molar-refractivity contribution in [3.63, 3.8) is 0 Å². The van der Waals surface area contributed by atoms with E-state index in [1.54, 1.807) is 20.1 Å². The summed E-state index contributed by atoms with van der Waals surface area (Å²) in [4.78, 5) is 14.5. The van der Waals surface area contributed by atoms with Gasteiger partial charge in [0.15, 0.2) is 17.6 Å². The van der Waals surface area contributed by atoms with Crippen LogP contribution in [0.2, 0.25) is 0 Å². The Kier molecular flexibility index (Phi) is 5.44. The number of carbonyl (C=O) groups is 1. The van der Waals surface area contributed by atoms with Gasteiger partial charge in [0, 0.05) is 6.04 Å². The minimum Gasteiger partial charge on any atom is -0.493 e. The smallest absolute Gasteiger partial charge is 0.260 e. The van der Waals surface area contributed by atoms with Gasteiger partial charge in [-0.05, 0) is 52.0 Å². The van der Waals surface area contributed by atoms with Crippen LogP contribution in [0.15, 0.2) is 24.3 Å². The number of hydrogen-bond donors (Lipinski definition) is 1. The normalized spacial score (nSPS) is 18.0. The van der Waals surface area contributed by atoms with E-state index in [-0.39, 0.29) is 11.9 Å². The molecule has 1 heterocycles. The molecule has 0 bridgehead atoms. The maximum Gasteiger partial charge on any atom is 0.260 e. The quantitative estimate of drug-likeness (QED) is 0.897. The first kappa shape index (κ1) is 15.6. The predicted octanol–water partition coefficient (Wildman–Crippen LogP) is 1.67. The number of nitrogens with zero attached hydrogens (tertiary/aromatic N) is 1. The zero-order chi connectivity index (χ0) is 15.2. The summed E-state index contributed by atoms with van der Waals surface area (Å²) in [6.45, 7) is 3.80. The van der Waals surface area contributed by atoms with Crippen molar-refractivity contribution in [3.8, 4) is 11.5 Å². The van der Waals surface area contributed by atoms with Crippen molar-refractivity contribution in [2.75, 3.05) is 27.2 Å². The molecule has 0 radical (unpaired) electrons. The molecule has 1 aromatic rings. The number of benzene rings is 1. The van der Waals surface area contributed by atoms with Crippen LogP contribution >= 0.6 is 0 Å². The SMILES string of the molecule is COc1ccccc1O[C@H](C)C(=O)NC1CCN(C)CC1. The Morgan fingerprint density at radius 2 is 1.90 bits per heavy atom. The van der Waals surface area contributed by atoms with Crippen LogP contribution in [-0.4, -0.2) is 50.2 Å². The standard InChI is InChI=1S/C16H24N2O3/c1-12(21-15-7-5-4-6-14(15)20-3)16(19)17-13-8-10-18(2)11-9-13/h4-7,12-13H,8-11H2,1-3H3,(H,17,19)/t12-/m1/s1. The summed E-state index contributed by atoms with van der Waals surface area (Å²) < 4.78 is 10.9. The van der Waals surface area contributed by atoms with Crippen LogP contribution in [0, 0.1) is 0 Å². The molecule has 0 spiro atoms. The van der Waals surface area contributed by atoms with Crippen molar-refractivity contribution in [1.82, 2.24) is 10.2 Å². The van der Waals surface area contributed by atoms with Crippen LogP contribution in [0.25, 0.3) is 0 Å². The van der Waals surface area contributed by atoms with E-state index in [4.69, 9.17) is 9.47 Å². The zero-order valence-corrected chi connectivity index (χ0v) is 13.0. The van der Waals surface area contributed by atoms with Gasteiger partial charge in [-0.25, -0.2) is 0 Å². The molecule has 1 amide bonds. The van der Waals surface area contributed by atoms with Gasteiger partial charge in [-0.2, -0.15) is 0 Å². The van der Waals surface area contributed by atoms with Gasteiger partial charge in [0.05, 0.1) is 7.11 Å². The van der Waals surface area contributed by atoms with Gasteiger partial charge in [0.2, 0.25) is 0 Å². The minimum absolute atomic E-state index is 0.0736. The fourth-order valence-electron chi connectivity index (χ4n) is 2.43. The molecular formula is C16H24N2O3. The Morgan fingerprint density at radius 1 is 1.29 bits per heavy atom. The molecule has 5 nitrogen and oxygen atoms in total. The number of para-hydroxylation sites is 2. The van der Waals surface area contributed by atoms with Gasteiger partial charge in [-0.3, -0.25) is 4.79 Å². The van der Waals surface area contributed by atoms with Gasteiger partial charge in [0.25, 0.3) is 5.91 Å². The highest BCUT2D eigenvalue weighted by Crippen LogP contribution is 2.26. The molecule has 116 valence electrons. The molecule has 1 saturated heterocycles. The van der Waals surface area contributed by atoms with Crippen molar-refractivity contribution in [1.29, 1.82) is 0 Å². The topological polar surface area (TPSA) is 50.8 Å². The fraction of sp³-hybridized carbons (Fsp3) is 0.562. The first-order valence-electron chi connectivity index (χ1n) is 7.38. The fourth-order valence-corrected chi connectivity index (χ4v) is 2.43. The monoisotopic (exact) mass is 292 g/mol. The molecule has 2 rings (SSSR count). The molecule has 21 heavy (non-hydrogen) atoms. The lowest BCUT2D eigenvalue weighted by Crippen LogP contribution is -2.47. The third kappa shape index (κ3) is 4.36. The summed E-state index contributed by atoms with van der Waals surface area (Å²) in [5, 5.41) is 3.07. The molecule has 1 N–H and O–H groups in total. The number of carbonyl (C=O) groups excluding carboxylic acids is 1. The minimum atomic E-state index is -0.541. The van der Waals surface area contributed by atoms with E-state index in [1.807, 2.05) is 18.2 Å². The number of amides is 1. The molecule has 0 aliphatic carbocycles. The highest BCUT2D eigenvalue weighted by molar-refractivity contribution is 5.81. The molecule has 0 saturated carbocycles. The van der Waals surface area contributed by atoms with Gasteiger partial charge in [-0.1, -0.05) is 12.1 Å². The Morgan fingerprint density at radius 3 is 2.52 bits per heavy atom. The van der Waals surface area contributed by atoms with Crippen LogP contribution in [0.3, 0.4) is 0 Å². The second kappa shape index (κ2) is 7.31. The van der Waals surface area contributed by atoms with Crippen molar-refractivity contribution >= 4 is 5.91 Å². The van der Waals surface area contributed by atoms with E-state index in [0.29, 0.717) is 11.5 Å². The van der Waals surface area contributed by atoms with E-state index < -0.39 is 6.10 Å². The Bertz CT molecular complexity index is 470. The molecule has 1 aliphatic rings. The maximum atomic E-state index is 12.2. The third-order valence-corrected chi connectivity index (χ3v) is 3.81. The summed E-state index contributed by atoms with van der Waals surface area (Å²) in [6.07, 6.45) is 1.44. The van der Waals surface area contributed by atoms with Crippen molar-refractivity contribution < 1.29 is 14.3 Å². The number of rotatable bonds is 5. The highest BCUT2D eigenvalue weighted by Gasteiger charge is 2.22. The molecule has 1 atom stereocenters. The Balaban J connectivity index is 1.87. The number of ether oxygens (including phenoxy) is 2. The lowest BCUT2D eigenvalue weighted by atomic mass is 10.1. The number of hydrogen-bond acceptors (Lipinski definition) is 4. The van der Waals surface area contributed by atoms with E-state index in [1.165, 1.54) is 0 Å². The molecule has 1 aliphatic heterocycles. The summed E-state index contributed by atoms with van der Waals surface area (Å²) in [5.41, 5.74) is 0. The maximum absolute atomic E-state index is 12.2. The molecule has 0 aromatic heterocycles. The van der Waals surface area contributed by atoms with Crippen LogP contribution in [0.5, 0.6) is 11.5 Å². The molecule has 1 aromatic carbocycles. The predicted molar refractivity (Wildman–Crippen MR) is 81.7 cm³/mol. The molecule has 5 heteroatoms. The summed E-state index contributed by atoms with van der Waals surface area (Å²) in [5.74, 6) is 1.15. The first-order valence-corrected chi connectivity index (χ1v) is 7.38. The van der Waals surface area contributed by atoms with Crippen LogP contribution in [0.1, 0.15) is 19.8 Å². The summed E-state index contributed by atoms with van der Waals surface area (Å²) in [7, 11) is 3.69. The first-order chi connectivity index (χ1) is 10.1. The van der Waals surface area contributed by atoms with E-state index in [9.17, 15) is 4.79 Å². The number of methoxy groups -OCH3 is 1. The van der Waals surface area contributed by atoms with Crippen LogP contribution < -0.4 is 14.8 Å². The van der Waals surface area contributed by atoms with E-state index >= 15 is 0 Å². The van der Waals surface area contributed by atoms with Gasteiger partial charge >= 0.3 is 0 Å². The molecule has 0 unspecified atom stereocenters. The Labute approximate surface area is 126 Å². The van der Waals surface area contributed by atoms with Crippen molar-refractivity contribution in [2.24, 2.45) is 0 Å². The zero-order valence-electron chi connectivity index (χ0n) is 13.0. The Hall–Kier alpha value is -1.75. The number of likely N-dealkylation sites (tertiary alicyclic amines) is 1. The average molecular weight is 292 g/mol. The number of piperidine rings is 1. The van der Waals surface area contributed by atoms with Crippen LogP contribution in [0.4, 0.5) is 0 Å². The number of nitrogens with one attached hydrogen (secondary N) is 1. The lowest BCUT2D eigenvalue weighted by molar-refractivity contribution is -0.128. The average Bonchev–Trinajstić information content (AvgIpc) is 2.50. The van der Waals surface area contributed by atoms with Crippen molar-refractivity contribution in [2.45, 2.75) is 31.9 Å².